The summed E-state index contributed by atoms with van der Waals surface area (Å²) < 4.78 is 0. The summed E-state index contributed by atoms with van der Waals surface area (Å²) >= 11 is 0. The van der Waals surface area contributed by atoms with E-state index in [4.69, 9.17) is 0 Å². The van der Waals surface area contributed by atoms with Crippen LogP contribution in [0.1, 0.15) is 13.3 Å². The van der Waals surface area contributed by atoms with E-state index < -0.39 is 4.92 Å². The lowest BCUT2D eigenvalue weighted by Crippen LogP contribution is -2.08. The molecule has 0 fully saturated rings. The lowest BCUT2D eigenvalue weighted by Gasteiger charge is -2.10. The van der Waals surface area contributed by atoms with Crippen LogP contribution in [0.5, 0.6) is 0 Å². The highest BCUT2D eigenvalue weighted by molar-refractivity contribution is 5.91. The molecule has 7 nitrogen and oxygen atoms in total. The van der Waals surface area contributed by atoms with E-state index in [0.29, 0.717) is 29.2 Å². The molecular weight excluding hydrogens is 270 g/mol. The lowest BCUT2D eigenvalue weighted by molar-refractivity contribution is -0.384. The van der Waals surface area contributed by atoms with Crippen molar-refractivity contribution in [1.82, 2.24) is 9.97 Å². The summed E-state index contributed by atoms with van der Waals surface area (Å²) in [5.41, 5.74) is 0.669. The van der Waals surface area contributed by atoms with E-state index in [1.807, 2.05) is 6.92 Å². The standard InChI is InChI=1S/C14H17N5O2/c1-3-7-15-13-11-9-10(19(20)21)5-6-12(11)17-14(18-13)16-8-4-2/h3,5-6,9H,1,4,7-8H2,2H3,(H2,15,16,17,18). The fourth-order valence-electron chi connectivity index (χ4n) is 1.85. The molecule has 0 aliphatic carbocycles. The second-order valence-corrected chi connectivity index (χ2v) is 4.45. The van der Waals surface area contributed by atoms with Crippen LogP contribution in [0, 0.1) is 10.1 Å². The fourth-order valence-corrected chi connectivity index (χ4v) is 1.85. The summed E-state index contributed by atoms with van der Waals surface area (Å²) in [6.45, 7) is 6.97. The van der Waals surface area contributed by atoms with Crippen molar-refractivity contribution in [2.24, 2.45) is 0 Å². The number of anilines is 2. The highest BCUT2D eigenvalue weighted by Gasteiger charge is 2.12. The molecule has 2 aromatic rings. The number of aromatic nitrogens is 2. The predicted molar refractivity (Wildman–Crippen MR) is 83.7 cm³/mol. The summed E-state index contributed by atoms with van der Waals surface area (Å²) in [5, 5.41) is 17.7. The molecule has 110 valence electrons. The maximum atomic E-state index is 10.9. The summed E-state index contributed by atoms with van der Waals surface area (Å²) in [4.78, 5) is 19.2. The third-order valence-corrected chi connectivity index (χ3v) is 2.84. The minimum Gasteiger partial charge on any atom is -0.366 e. The van der Waals surface area contributed by atoms with E-state index in [9.17, 15) is 10.1 Å². The van der Waals surface area contributed by atoms with E-state index in [2.05, 4.69) is 27.2 Å². The Kier molecular flexibility index (Phi) is 4.65. The molecule has 1 aromatic carbocycles. The van der Waals surface area contributed by atoms with Gasteiger partial charge in [-0.2, -0.15) is 4.98 Å². The van der Waals surface area contributed by atoms with Crippen molar-refractivity contribution in [2.45, 2.75) is 13.3 Å². The molecule has 0 amide bonds. The van der Waals surface area contributed by atoms with E-state index in [1.165, 1.54) is 12.1 Å². The Bertz CT molecular complexity index is 672. The van der Waals surface area contributed by atoms with Gasteiger partial charge in [0.2, 0.25) is 5.95 Å². The predicted octanol–water partition coefficient (Wildman–Crippen LogP) is 2.96. The van der Waals surface area contributed by atoms with Crippen molar-refractivity contribution in [3.05, 3.63) is 41.0 Å². The van der Waals surface area contributed by atoms with Crippen LogP contribution in [0.4, 0.5) is 17.5 Å². The number of benzene rings is 1. The summed E-state index contributed by atoms with van der Waals surface area (Å²) in [6.07, 6.45) is 2.65. The first kappa shape index (κ1) is 14.7. The molecule has 0 bridgehead atoms. The average molecular weight is 287 g/mol. The Balaban J connectivity index is 2.51. The van der Waals surface area contributed by atoms with Crippen molar-refractivity contribution in [3.8, 4) is 0 Å². The van der Waals surface area contributed by atoms with Gasteiger partial charge in [-0.1, -0.05) is 13.0 Å². The summed E-state index contributed by atoms with van der Waals surface area (Å²) in [7, 11) is 0. The van der Waals surface area contributed by atoms with Gasteiger partial charge in [-0.15, -0.1) is 6.58 Å². The first-order valence-electron chi connectivity index (χ1n) is 6.70. The largest absolute Gasteiger partial charge is 0.366 e. The normalized spacial score (nSPS) is 10.3. The quantitative estimate of drug-likeness (QED) is 0.462. The minimum absolute atomic E-state index is 0.0158. The van der Waals surface area contributed by atoms with Gasteiger partial charge in [-0.3, -0.25) is 10.1 Å². The third kappa shape index (κ3) is 3.44. The number of nitrogens with one attached hydrogen (secondary N) is 2. The highest BCUT2D eigenvalue weighted by Crippen LogP contribution is 2.26. The van der Waals surface area contributed by atoms with E-state index in [-0.39, 0.29) is 5.69 Å². The molecule has 1 aromatic heterocycles. The van der Waals surface area contributed by atoms with Crippen molar-refractivity contribution in [1.29, 1.82) is 0 Å². The molecule has 0 radical (unpaired) electrons. The van der Waals surface area contributed by atoms with Crippen LogP contribution in [-0.2, 0) is 0 Å². The van der Waals surface area contributed by atoms with Crippen molar-refractivity contribution in [2.75, 3.05) is 23.7 Å². The Morgan fingerprint density at radius 1 is 1.38 bits per heavy atom. The topological polar surface area (TPSA) is 93.0 Å². The van der Waals surface area contributed by atoms with Gasteiger partial charge in [-0.05, 0) is 12.5 Å². The zero-order valence-corrected chi connectivity index (χ0v) is 11.8. The highest BCUT2D eigenvalue weighted by atomic mass is 16.6. The summed E-state index contributed by atoms with van der Waals surface area (Å²) in [6, 6.07) is 4.55. The zero-order chi connectivity index (χ0) is 15.2. The molecule has 0 atom stereocenters. The average Bonchev–Trinajstić information content (AvgIpc) is 2.49. The van der Waals surface area contributed by atoms with Crippen LogP contribution in [-0.4, -0.2) is 28.0 Å². The SMILES string of the molecule is C=CCNc1nc(NCCC)nc2ccc([N+](=O)[O-])cc12. The van der Waals surface area contributed by atoms with E-state index in [1.54, 1.807) is 12.1 Å². The van der Waals surface area contributed by atoms with Gasteiger partial charge >= 0.3 is 0 Å². The molecule has 0 saturated heterocycles. The second kappa shape index (κ2) is 6.65. The molecular formula is C14H17N5O2. The van der Waals surface area contributed by atoms with Gasteiger partial charge < -0.3 is 10.6 Å². The van der Waals surface area contributed by atoms with Crippen LogP contribution >= 0.6 is 0 Å². The van der Waals surface area contributed by atoms with Crippen molar-refractivity contribution >= 4 is 28.4 Å². The molecule has 21 heavy (non-hydrogen) atoms. The second-order valence-electron chi connectivity index (χ2n) is 4.45. The van der Waals surface area contributed by atoms with Crippen LogP contribution in [0.2, 0.25) is 0 Å². The number of rotatable bonds is 7. The molecule has 2 rings (SSSR count). The number of nitro benzene ring substituents is 1. The van der Waals surface area contributed by atoms with Gasteiger partial charge in [0.25, 0.3) is 5.69 Å². The lowest BCUT2D eigenvalue weighted by atomic mass is 10.2. The molecule has 0 aliphatic heterocycles. The molecule has 2 N–H and O–H groups in total. The number of fused-ring (bicyclic) bond motifs is 1. The minimum atomic E-state index is -0.431. The molecule has 0 unspecified atom stereocenters. The maximum absolute atomic E-state index is 10.9. The zero-order valence-electron chi connectivity index (χ0n) is 11.8. The monoisotopic (exact) mass is 287 g/mol. The van der Waals surface area contributed by atoms with Gasteiger partial charge in [0.1, 0.15) is 5.82 Å². The summed E-state index contributed by atoms with van der Waals surface area (Å²) in [5.74, 6) is 1.06. The van der Waals surface area contributed by atoms with Gasteiger partial charge in [0.15, 0.2) is 0 Å². The van der Waals surface area contributed by atoms with Gasteiger partial charge in [-0.25, -0.2) is 4.98 Å². The van der Waals surface area contributed by atoms with Crippen molar-refractivity contribution < 1.29 is 4.92 Å². The first-order chi connectivity index (χ1) is 10.2. The Hall–Kier alpha value is -2.70. The van der Waals surface area contributed by atoms with Gasteiger partial charge in [0.05, 0.1) is 10.4 Å². The number of hydrogen-bond acceptors (Lipinski definition) is 6. The van der Waals surface area contributed by atoms with Crippen LogP contribution in [0.15, 0.2) is 30.9 Å². The van der Waals surface area contributed by atoms with E-state index in [0.717, 1.165) is 13.0 Å². The Morgan fingerprint density at radius 2 is 2.19 bits per heavy atom. The third-order valence-electron chi connectivity index (χ3n) is 2.84. The number of non-ortho nitro benzene ring substituents is 1. The number of nitrogens with zero attached hydrogens (tertiary/aromatic N) is 3. The van der Waals surface area contributed by atoms with Crippen LogP contribution in [0.25, 0.3) is 10.9 Å². The molecule has 0 aliphatic rings. The molecule has 1 heterocycles. The Morgan fingerprint density at radius 3 is 2.86 bits per heavy atom. The number of nitro groups is 1. The molecule has 0 spiro atoms. The maximum Gasteiger partial charge on any atom is 0.270 e. The van der Waals surface area contributed by atoms with E-state index >= 15 is 0 Å². The van der Waals surface area contributed by atoms with Gasteiger partial charge in [0, 0.05) is 30.6 Å². The first-order valence-corrected chi connectivity index (χ1v) is 6.70. The fraction of sp³-hybridized carbons (Fsp3) is 0.286. The number of hydrogen-bond donors (Lipinski definition) is 2. The molecule has 0 saturated carbocycles. The van der Waals surface area contributed by atoms with Crippen LogP contribution < -0.4 is 10.6 Å². The smallest absolute Gasteiger partial charge is 0.270 e. The molecule has 7 heteroatoms. The van der Waals surface area contributed by atoms with Crippen LogP contribution in [0.3, 0.4) is 0 Å². The van der Waals surface area contributed by atoms with Crippen molar-refractivity contribution in [3.63, 3.8) is 0 Å². The Labute approximate surface area is 122 Å².